The maximum atomic E-state index is 4.99. The first-order valence-corrected chi connectivity index (χ1v) is 6.07. The van der Waals surface area contributed by atoms with Gasteiger partial charge in [-0.2, -0.15) is 0 Å². The van der Waals surface area contributed by atoms with E-state index in [1.165, 1.54) is 0 Å². The summed E-state index contributed by atoms with van der Waals surface area (Å²) in [6, 6.07) is 1.90. The molecule has 0 saturated heterocycles. The number of ether oxygens (including phenoxy) is 2. The van der Waals surface area contributed by atoms with Crippen LogP contribution >= 0.6 is 0 Å². The minimum atomic E-state index is 0.652. The van der Waals surface area contributed by atoms with Crippen LogP contribution in [0.5, 0.6) is 0 Å². The highest BCUT2D eigenvalue weighted by molar-refractivity contribution is 5.47. The Balaban J connectivity index is 2.46. The highest BCUT2D eigenvalue weighted by Crippen LogP contribution is 2.10. The number of nitrogens with zero attached hydrogens (tertiary/aromatic N) is 2. The Morgan fingerprint density at radius 2 is 1.61 bits per heavy atom. The Bertz CT molecular complexity index is 347. The summed E-state index contributed by atoms with van der Waals surface area (Å²) in [4.78, 5) is 8.63. The zero-order valence-electron chi connectivity index (χ0n) is 11.3. The monoisotopic (exact) mass is 254 g/mol. The van der Waals surface area contributed by atoms with Crippen molar-refractivity contribution in [3.8, 4) is 0 Å². The fourth-order valence-corrected chi connectivity index (χ4v) is 1.46. The normalized spacial score (nSPS) is 10.4. The Kier molecular flexibility index (Phi) is 7.05. The lowest BCUT2D eigenvalue weighted by Gasteiger charge is -2.09. The smallest absolute Gasteiger partial charge is 0.131 e. The van der Waals surface area contributed by atoms with Crippen molar-refractivity contribution in [2.75, 3.05) is 51.2 Å². The van der Waals surface area contributed by atoms with Crippen molar-refractivity contribution in [1.29, 1.82) is 0 Å². The fraction of sp³-hybridized carbons (Fsp3) is 0.667. The molecule has 102 valence electrons. The lowest BCUT2D eigenvalue weighted by atomic mass is 10.4. The lowest BCUT2D eigenvalue weighted by molar-refractivity contribution is 0.198. The summed E-state index contributed by atoms with van der Waals surface area (Å²) in [6.45, 7) is 4.84. The molecular formula is C12H22N4O2. The van der Waals surface area contributed by atoms with Crippen LogP contribution in [0, 0.1) is 6.92 Å². The van der Waals surface area contributed by atoms with E-state index in [2.05, 4.69) is 20.6 Å². The maximum absolute atomic E-state index is 4.99. The summed E-state index contributed by atoms with van der Waals surface area (Å²) in [7, 11) is 3.38. The SMILES string of the molecule is COCCCNc1cc(NCCOC)nc(C)n1. The van der Waals surface area contributed by atoms with Gasteiger partial charge < -0.3 is 20.1 Å². The molecule has 1 rings (SSSR count). The van der Waals surface area contributed by atoms with Gasteiger partial charge in [-0.15, -0.1) is 0 Å². The van der Waals surface area contributed by atoms with Crippen LogP contribution in [-0.4, -0.2) is 50.5 Å². The van der Waals surface area contributed by atoms with Crippen molar-refractivity contribution in [1.82, 2.24) is 9.97 Å². The third-order valence-electron chi connectivity index (χ3n) is 2.28. The summed E-state index contributed by atoms with van der Waals surface area (Å²) < 4.78 is 9.97. The molecule has 0 amide bonds. The molecule has 6 heteroatoms. The molecule has 18 heavy (non-hydrogen) atoms. The van der Waals surface area contributed by atoms with Gasteiger partial charge >= 0.3 is 0 Å². The molecule has 1 aromatic heterocycles. The third-order valence-corrected chi connectivity index (χ3v) is 2.28. The number of anilines is 2. The second-order valence-corrected chi connectivity index (χ2v) is 3.88. The van der Waals surface area contributed by atoms with Crippen molar-refractivity contribution in [3.05, 3.63) is 11.9 Å². The van der Waals surface area contributed by atoms with Crippen molar-refractivity contribution in [2.24, 2.45) is 0 Å². The van der Waals surface area contributed by atoms with E-state index in [1.54, 1.807) is 14.2 Å². The summed E-state index contributed by atoms with van der Waals surface area (Å²) in [6.07, 6.45) is 0.950. The summed E-state index contributed by atoms with van der Waals surface area (Å²) in [5.74, 6) is 2.39. The molecule has 0 atom stereocenters. The Hall–Kier alpha value is -1.40. The quantitative estimate of drug-likeness (QED) is 0.647. The minimum absolute atomic E-state index is 0.652. The van der Waals surface area contributed by atoms with Gasteiger partial charge in [-0.3, -0.25) is 0 Å². The number of hydrogen-bond acceptors (Lipinski definition) is 6. The minimum Gasteiger partial charge on any atom is -0.385 e. The van der Waals surface area contributed by atoms with E-state index in [4.69, 9.17) is 9.47 Å². The average molecular weight is 254 g/mol. The first-order valence-electron chi connectivity index (χ1n) is 6.07. The lowest BCUT2D eigenvalue weighted by Crippen LogP contribution is -2.11. The Morgan fingerprint density at radius 3 is 2.22 bits per heavy atom. The zero-order valence-corrected chi connectivity index (χ0v) is 11.3. The predicted octanol–water partition coefficient (Wildman–Crippen LogP) is 1.29. The number of rotatable bonds is 9. The molecule has 0 radical (unpaired) electrons. The summed E-state index contributed by atoms with van der Waals surface area (Å²) in [5, 5.41) is 6.44. The van der Waals surface area contributed by atoms with E-state index in [0.717, 1.165) is 43.6 Å². The van der Waals surface area contributed by atoms with Crippen LogP contribution in [0.3, 0.4) is 0 Å². The van der Waals surface area contributed by atoms with Gasteiger partial charge in [0.2, 0.25) is 0 Å². The summed E-state index contributed by atoms with van der Waals surface area (Å²) in [5.41, 5.74) is 0. The largest absolute Gasteiger partial charge is 0.385 e. The number of nitrogens with one attached hydrogen (secondary N) is 2. The molecule has 0 fully saturated rings. The van der Waals surface area contributed by atoms with Crippen LogP contribution < -0.4 is 10.6 Å². The summed E-state index contributed by atoms with van der Waals surface area (Å²) >= 11 is 0. The van der Waals surface area contributed by atoms with E-state index < -0.39 is 0 Å². The molecule has 1 heterocycles. The van der Waals surface area contributed by atoms with Gasteiger partial charge in [-0.25, -0.2) is 9.97 Å². The Morgan fingerprint density at radius 1 is 1.00 bits per heavy atom. The van der Waals surface area contributed by atoms with Crippen LogP contribution in [0.1, 0.15) is 12.2 Å². The average Bonchev–Trinajstić information content (AvgIpc) is 2.34. The molecule has 0 aromatic carbocycles. The molecule has 0 spiro atoms. The third kappa shape index (κ3) is 5.79. The molecule has 0 aliphatic heterocycles. The van der Waals surface area contributed by atoms with Crippen LogP contribution in [0.2, 0.25) is 0 Å². The van der Waals surface area contributed by atoms with E-state index >= 15 is 0 Å². The molecule has 1 aromatic rings. The molecule has 0 bridgehead atoms. The molecule has 0 unspecified atom stereocenters. The van der Waals surface area contributed by atoms with Gasteiger partial charge in [0.15, 0.2) is 0 Å². The van der Waals surface area contributed by atoms with Gasteiger partial charge in [-0.1, -0.05) is 0 Å². The van der Waals surface area contributed by atoms with Crippen LogP contribution in [-0.2, 0) is 9.47 Å². The van der Waals surface area contributed by atoms with E-state index in [1.807, 2.05) is 13.0 Å². The first-order chi connectivity index (χ1) is 8.76. The van der Waals surface area contributed by atoms with Crippen molar-refractivity contribution in [3.63, 3.8) is 0 Å². The number of aromatic nitrogens is 2. The molecule has 0 saturated carbocycles. The number of hydrogen-bond donors (Lipinski definition) is 2. The highest BCUT2D eigenvalue weighted by atomic mass is 16.5. The van der Waals surface area contributed by atoms with E-state index in [9.17, 15) is 0 Å². The molecule has 0 aliphatic carbocycles. The fourth-order valence-electron chi connectivity index (χ4n) is 1.46. The topological polar surface area (TPSA) is 68.3 Å². The van der Waals surface area contributed by atoms with Crippen LogP contribution in [0.15, 0.2) is 6.07 Å². The van der Waals surface area contributed by atoms with Gasteiger partial charge in [0.25, 0.3) is 0 Å². The second kappa shape index (κ2) is 8.66. The molecule has 2 N–H and O–H groups in total. The molecule has 6 nitrogen and oxygen atoms in total. The zero-order chi connectivity index (χ0) is 13.2. The van der Waals surface area contributed by atoms with Crippen molar-refractivity contribution in [2.45, 2.75) is 13.3 Å². The number of aryl methyl sites for hydroxylation is 1. The van der Waals surface area contributed by atoms with Gasteiger partial charge in [0.05, 0.1) is 6.61 Å². The predicted molar refractivity (Wildman–Crippen MR) is 72.1 cm³/mol. The molecule has 0 aliphatic rings. The Labute approximate surface area is 108 Å². The van der Waals surface area contributed by atoms with Crippen LogP contribution in [0.25, 0.3) is 0 Å². The standard InChI is InChI=1S/C12H22N4O2/c1-10-15-11(13-5-4-7-17-2)9-12(16-10)14-6-8-18-3/h9H,4-8H2,1-3H3,(H2,13,14,15,16). The number of methoxy groups -OCH3 is 2. The van der Waals surface area contributed by atoms with Crippen molar-refractivity contribution >= 4 is 11.6 Å². The van der Waals surface area contributed by atoms with Gasteiger partial charge in [-0.05, 0) is 13.3 Å². The van der Waals surface area contributed by atoms with Gasteiger partial charge in [0.1, 0.15) is 17.5 Å². The molecular weight excluding hydrogens is 232 g/mol. The van der Waals surface area contributed by atoms with Crippen LogP contribution in [0.4, 0.5) is 11.6 Å². The van der Waals surface area contributed by atoms with Gasteiger partial charge in [0, 0.05) is 40.0 Å². The van der Waals surface area contributed by atoms with E-state index in [0.29, 0.717) is 6.61 Å². The first kappa shape index (κ1) is 14.7. The van der Waals surface area contributed by atoms with E-state index in [-0.39, 0.29) is 0 Å². The maximum Gasteiger partial charge on any atom is 0.131 e. The highest BCUT2D eigenvalue weighted by Gasteiger charge is 2.01. The van der Waals surface area contributed by atoms with Crippen molar-refractivity contribution < 1.29 is 9.47 Å². The second-order valence-electron chi connectivity index (χ2n) is 3.88.